The second-order valence-electron chi connectivity index (χ2n) is 4.40. The number of carbonyl (C=O) groups excluding carboxylic acids is 2. The van der Waals surface area contributed by atoms with Crippen LogP contribution in [0.1, 0.15) is 26.7 Å². The number of carbonyl (C=O) groups is 2. The van der Waals surface area contributed by atoms with Crippen molar-refractivity contribution in [1.29, 1.82) is 5.26 Å². The SMILES string of the molecule is CCNC(=O)C(C)NC(=O)C1(C#N)CCOCC1. The quantitative estimate of drug-likeness (QED) is 0.734. The number of hydrogen-bond acceptors (Lipinski definition) is 4. The van der Waals surface area contributed by atoms with Crippen LogP contribution in [0.5, 0.6) is 0 Å². The van der Waals surface area contributed by atoms with Crippen LogP contribution < -0.4 is 10.6 Å². The number of hydrogen-bond donors (Lipinski definition) is 2. The Balaban J connectivity index is 2.63. The molecule has 0 saturated carbocycles. The van der Waals surface area contributed by atoms with Crippen molar-refractivity contribution in [3.63, 3.8) is 0 Å². The van der Waals surface area contributed by atoms with Crippen molar-refractivity contribution in [2.45, 2.75) is 32.7 Å². The number of rotatable bonds is 4. The van der Waals surface area contributed by atoms with E-state index < -0.39 is 11.5 Å². The predicted molar refractivity (Wildman–Crippen MR) is 64.4 cm³/mol. The molecule has 0 bridgehead atoms. The highest BCUT2D eigenvalue weighted by Gasteiger charge is 2.41. The smallest absolute Gasteiger partial charge is 0.242 e. The molecule has 18 heavy (non-hydrogen) atoms. The summed E-state index contributed by atoms with van der Waals surface area (Å²) >= 11 is 0. The van der Waals surface area contributed by atoms with Gasteiger partial charge in [-0.1, -0.05) is 0 Å². The van der Waals surface area contributed by atoms with Gasteiger partial charge < -0.3 is 15.4 Å². The minimum atomic E-state index is -1.06. The Hall–Kier alpha value is -1.61. The molecule has 2 N–H and O–H groups in total. The van der Waals surface area contributed by atoms with Crippen molar-refractivity contribution in [3.8, 4) is 6.07 Å². The van der Waals surface area contributed by atoms with Gasteiger partial charge in [0, 0.05) is 19.8 Å². The van der Waals surface area contributed by atoms with Crippen LogP contribution >= 0.6 is 0 Å². The van der Waals surface area contributed by atoms with E-state index in [9.17, 15) is 14.9 Å². The molecule has 0 aromatic carbocycles. The maximum atomic E-state index is 12.1. The standard InChI is InChI=1S/C12H19N3O3/c1-3-14-10(16)9(2)15-11(17)12(8-13)4-6-18-7-5-12/h9H,3-7H2,1-2H3,(H,14,16)(H,15,17). The lowest BCUT2D eigenvalue weighted by atomic mass is 9.80. The van der Waals surface area contributed by atoms with Gasteiger partial charge >= 0.3 is 0 Å². The van der Waals surface area contributed by atoms with E-state index in [0.717, 1.165) is 0 Å². The van der Waals surface area contributed by atoms with Gasteiger partial charge in [-0.15, -0.1) is 0 Å². The van der Waals surface area contributed by atoms with Crippen LogP contribution in [0.3, 0.4) is 0 Å². The van der Waals surface area contributed by atoms with Crippen LogP contribution in [0.15, 0.2) is 0 Å². The molecule has 2 amide bonds. The van der Waals surface area contributed by atoms with Gasteiger partial charge in [-0.3, -0.25) is 9.59 Å². The minimum Gasteiger partial charge on any atom is -0.381 e. The summed E-state index contributed by atoms with van der Waals surface area (Å²) in [4.78, 5) is 23.6. The predicted octanol–water partition coefficient (Wildman–Crippen LogP) is -0.0524. The van der Waals surface area contributed by atoms with Crippen LogP contribution in [0, 0.1) is 16.7 Å². The number of nitrogens with one attached hydrogen (secondary N) is 2. The molecule has 6 nitrogen and oxygen atoms in total. The maximum absolute atomic E-state index is 12.1. The van der Waals surface area contributed by atoms with Gasteiger partial charge in [0.2, 0.25) is 11.8 Å². The number of likely N-dealkylation sites (N-methyl/N-ethyl adjacent to an activating group) is 1. The zero-order chi connectivity index (χ0) is 13.6. The first-order chi connectivity index (χ1) is 8.55. The Morgan fingerprint density at radius 3 is 2.56 bits per heavy atom. The summed E-state index contributed by atoms with van der Waals surface area (Å²) < 4.78 is 5.16. The molecule has 0 spiro atoms. The van der Waals surface area contributed by atoms with Crippen molar-refractivity contribution >= 4 is 11.8 Å². The summed E-state index contributed by atoms with van der Waals surface area (Å²) in [5, 5.41) is 14.4. The van der Waals surface area contributed by atoms with Crippen molar-refractivity contribution in [1.82, 2.24) is 10.6 Å². The van der Waals surface area contributed by atoms with E-state index in [1.807, 2.05) is 6.92 Å². The Morgan fingerprint density at radius 1 is 1.44 bits per heavy atom. The second-order valence-corrected chi connectivity index (χ2v) is 4.40. The van der Waals surface area contributed by atoms with E-state index in [1.54, 1.807) is 6.92 Å². The largest absolute Gasteiger partial charge is 0.381 e. The molecule has 1 saturated heterocycles. The lowest BCUT2D eigenvalue weighted by molar-refractivity contribution is -0.136. The van der Waals surface area contributed by atoms with Gasteiger partial charge in [-0.25, -0.2) is 0 Å². The summed E-state index contributed by atoms with van der Waals surface area (Å²) in [5.41, 5.74) is -1.06. The lowest BCUT2D eigenvalue weighted by Crippen LogP contribution is -2.51. The summed E-state index contributed by atoms with van der Waals surface area (Å²) in [7, 11) is 0. The van der Waals surface area contributed by atoms with E-state index in [4.69, 9.17) is 4.74 Å². The zero-order valence-electron chi connectivity index (χ0n) is 10.8. The van der Waals surface area contributed by atoms with Crippen molar-refractivity contribution in [2.75, 3.05) is 19.8 Å². The molecule has 0 radical (unpaired) electrons. The molecule has 0 aromatic rings. The molecule has 1 aliphatic rings. The summed E-state index contributed by atoms with van der Waals surface area (Å²) in [6.07, 6.45) is 0.745. The first-order valence-corrected chi connectivity index (χ1v) is 6.13. The first-order valence-electron chi connectivity index (χ1n) is 6.13. The average molecular weight is 253 g/mol. The van der Waals surface area contributed by atoms with Crippen LogP contribution in [-0.2, 0) is 14.3 Å². The van der Waals surface area contributed by atoms with Crippen LogP contribution in [0.4, 0.5) is 0 Å². The number of nitrogens with zero attached hydrogens (tertiary/aromatic N) is 1. The monoisotopic (exact) mass is 253 g/mol. The lowest BCUT2D eigenvalue weighted by Gasteiger charge is -2.30. The van der Waals surface area contributed by atoms with Crippen LogP contribution in [-0.4, -0.2) is 37.6 Å². The molecule has 0 aromatic heterocycles. The number of nitriles is 1. The zero-order valence-corrected chi connectivity index (χ0v) is 10.8. The molecule has 6 heteroatoms. The first kappa shape index (κ1) is 14.5. The van der Waals surface area contributed by atoms with Crippen molar-refractivity contribution in [2.24, 2.45) is 5.41 Å². The average Bonchev–Trinajstić information content (AvgIpc) is 2.39. The highest BCUT2D eigenvalue weighted by molar-refractivity contribution is 5.91. The van der Waals surface area contributed by atoms with Gasteiger partial charge in [-0.2, -0.15) is 5.26 Å². The molecule has 1 atom stereocenters. The topological polar surface area (TPSA) is 91.2 Å². The molecule has 0 aliphatic carbocycles. The van der Waals surface area contributed by atoms with Gasteiger partial charge in [0.15, 0.2) is 0 Å². The van der Waals surface area contributed by atoms with Crippen LogP contribution in [0.2, 0.25) is 0 Å². The third kappa shape index (κ3) is 3.20. The fourth-order valence-electron chi connectivity index (χ4n) is 1.84. The van der Waals surface area contributed by atoms with Crippen molar-refractivity contribution in [3.05, 3.63) is 0 Å². The Morgan fingerprint density at radius 2 is 2.06 bits per heavy atom. The molecule has 1 rings (SSSR count). The molecule has 1 aliphatic heterocycles. The fourth-order valence-corrected chi connectivity index (χ4v) is 1.84. The Kier molecular flexibility index (Phi) is 5.10. The highest BCUT2D eigenvalue weighted by atomic mass is 16.5. The van der Waals surface area contributed by atoms with E-state index >= 15 is 0 Å². The summed E-state index contributed by atoms with van der Waals surface area (Å²) in [6, 6.07) is 1.44. The highest BCUT2D eigenvalue weighted by Crippen LogP contribution is 2.29. The minimum absolute atomic E-state index is 0.244. The number of ether oxygens (including phenoxy) is 1. The van der Waals surface area contributed by atoms with Crippen molar-refractivity contribution < 1.29 is 14.3 Å². The fraction of sp³-hybridized carbons (Fsp3) is 0.750. The molecule has 1 fully saturated rings. The molecule has 1 unspecified atom stereocenters. The van der Waals surface area contributed by atoms with E-state index in [1.165, 1.54) is 0 Å². The normalized spacial score (nSPS) is 19.4. The Labute approximate surface area is 107 Å². The van der Waals surface area contributed by atoms with Gasteiger partial charge in [0.25, 0.3) is 0 Å². The Bertz CT molecular complexity index is 356. The van der Waals surface area contributed by atoms with Gasteiger partial charge in [0.1, 0.15) is 11.5 Å². The number of amides is 2. The van der Waals surface area contributed by atoms with E-state index in [2.05, 4.69) is 16.7 Å². The molecule has 100 valence electrons. The summed E-state index contributed by atoms with van der Waals surface area (Å²) in [5.74, 6) is -0.627. The summed E-state index contributed by atoms with van der Waals surface area (Å²) in [6.45, 7) is 4.72. The van der Waals surface area contributed by atoms with Gasteiger partial charge in [-0.05, 0) is 26.7 Å². The van der Waals surface area contributed by atoms with Gasteiger partial charge in [0.05, 0.1) is 6.07 Å². The molecule has 1 heterocycles. The van der Waals surface area contributed by atoms with E-state index in [0.29, 0.717) is 32.6 Å². The third-order valence-corrected chi connectivity index (χ3v) is 3.09. The van der Waals surface area contributed by atoms with E-state index in [-0.39, 0.29) is 11.8 Å². The third-order valence-electron chi connectivity index (χ3n) is 3.09. The maximum Gasteiger partial charge on any atom is 0.242 e. The van der Waals surface area contributed by atoms with Crippen LogP contribution in [0.25, 0.3) is 0 Å². The molecular formula is C12H19N3O3. The second kappa shape index (κ2) is 6.36. The molecular weight excluding hydrogens is 234 g/mol.